The molecular formula is C9H18N2O2S. The second-order valence-corrected chi connectivity index (χ2v) is 6.77. The van der Waals surface area contributed by atoms with Gasteiger partial charge in [-0.15, -0.1) is 0 Å². The molecule has 14 heavy (non-hydrogen) atoms. The summed E-state index contributed by atoms with van der Waals surface area (Å²) in [6.45, 7) is 2.10. The highest BCUT2D eigenvalue weighted by Gasteiger charge is 2.30. The molecule has 5 heteroatoms. The number of nitrogens with zero attached hydrogens (tertiary/aromatic N) is 1. The van der Waals surface area contributed by atoms with Crippen LogP contribution in [0.4, 0.5) is 0 Å². The third-order valence-electron chi connectivity index (χ3n) is 3.00. The minimum Gasteiger partial charge on any atom is -0.308 e. The molecule has 4 nitrogen and oxygen atoms in total. The number of rotatable bonds is 2. The lowest BCUT2D eigenvalue weighted by atomic mass is 10.1. The Kier molecular flexibility index (Phi) is 2.81. The Hall–Kier alpha value is -0.130. The van der Waals surface area contributed by atoms with E-state index in [4.69, 9.17) is 0 Å². The monoisotopic (exact) mass is 218 g/mol. The molecule has 0 spiro atoms. The van der Waals surface area contributed by atoms with Gasteiger partial charge in [-0.25, -0.2) is 8.42 Å². The third-order valence-corrected chi connectivity index (χ3v) is 4.82. The Morgan fingerprint density at radius 1 is 1.29 bits per heavy atom. The van der Waals surface area contributed by atoms with Gasteiger partial charge < -0.3 is 10.2 Å². The van der Waals surface area contributed by atoms with Gasteiger partial charge in [0.1, 0.15) is 0 Å². The van der Waals surface area contributed by atoms with E-state index < -0.39 is 9.84 Å². The van der Waals surface area contributed by atoms with Crippen molar-refractivity contribution in [1.29, 1.82) is 0 Å². The fourth-order valence-corrected chi connectivity index (χ4v) is 3.94. The zero-order valence-electron chi connectivity index (χ0n) is 8.57. The number of sulfone groups is 1. The molecule has 82 valence electrons. The molecule has 2 rings (SSSR count). The van der Waals surface area contributed by atoms with Crippen LogP contribution in [-0.2, 0) is 9.84 Å². The van der Waals surface area contributed by atoms with Gasteiger partial charge in [-0.1, -0.05) is 0 Å². The van der Waals surface area contributed by atoms with Gasteiger partial charge in [0.25, 0.3) is 0 Å². The molecule has 0 aromatic heterocycles. The van der Waals surface area contributed by atoms with Gasteiger partial charge in [0.2, 0.25) is 0 Å². The topological polar surface area (TPSA) is 49.4 Å². The van der Waals surface area contributed by atoms with Crippen molar-refractivity contribution in [1.82, 2.24) is 10.2 Å². The SMILES string of the molecule is CN1CC(NC2CCCS(=O)(=O)C2)C1. The summed E-state index contributed by atoms with van der Waals surface area (Å²) in [6, 6.07) is 0.714. The summed E-state index contributed by atoms with van der Waals surface area (Å²) in [7, 11) is -0.672. The molecule has 1 atom stereocenters. The van der Waals surface area contributed by atoms with E-state index in [0.717, 1.165) is 25.9 Å². The molecule has 0 aliphatic carbocycles. The minimum atomic E-state index is -2.75. The van der Waals surface area contributed by atoms with Crippen LogP contribution < -0.4 is 5.32 Å². The molecule has 2 fully saturated rings. The number of hydrogen-bond acceptors (Lipinski definition) is 4. The average Bonchev–Trinajstić information content (AvgIpc) is 1.99. The summed E-state index contributed by atoms with van der Waals surface area (Å²) in [4.78, 5) is 2.23. The fourth-order valence-electron chi connectivity index (χ4n) is 2.29. The van der Waals surface area contributed by atoms with Crippen LogP contribution in [0.1, 0.15) is 12.8 Å². The van der Waals surface area contributed by atoms with Crippen molar-refractivity contribution in [2.24, 2.45) is 0 Å². The molecule has 2 saturated heterocycles. The molecule has 0 radical (unpaired) electrons. The van der Waals surface area contributed by atoms with E-state index in [1.54, 1.807) is 0 Å². The van der Waals surface area contributed by atoms with Gasteiger partial charge in [-0.05, 0) is 19.9 Å². The van der Waals surface area contributed by atoms with Crippen LogP contribution in [0.3, 0.4) is 0 Å². The van der Waals surface area contributed by atoms with Gasteiger partial charge in [0, 0.05) is 25.2 Å². The number of nitrogens with one attached hydrogen (secondary N) is 1. The Morgan fingerprint density at radius 2 is 2.00 bits per heavy atom. The summed E-state index contributed by atoms with van der Waals surface area (Å²) in [6.07, 6.45) is 1.84. The zero-order valence-corrected chi connectivity index (χ0v) is 9.39. The Bertz CT molecular complexity index is 296. The normalized spacial score (nSPS) is 33.9. The summed E-state index contributed by atoms with van der Waals surface area (Å²) in [5.74, 6) is 0.725. The van der Waals surface area contributed by atoms with Crippen LogP contribution in [0.25, 0.3) is 0 Å². The van der Waals surface area contributed by atoms with Gasteiger partial charge in [0.05, 0.1) is 11.5 Å². The Balaban J connectivity index is 1.81. The van der Waals surface area contributed by atoms with E-state index in [1.165, 1.54) is 0 Å². The average molecular weight is 218 g/mol. The maximum atomic E-state index is 11.4. The van der Waals surface area contributed by atoms with Crippen molar-refractivity contribution < 1.29 is 8.42 Å². The molecule has 0 aromatic carbocycles. The summed E-state index contributed by atoms with van der Waals surface area (Å²) >= 11 is 0. The molecule has 0 saturated carbocycles. The van der Waals surface area contributed by atoms with E-state index in [1.807, 2.05) is 0 Å². The maximum Gasteiger partial charge on any atom is 0.151 e. The van der Waals surface area contributed by atoms with Crippen LogP contribution >= 0.6 is 0 Å². The molecule has 1 unspecified atom stereocenters. The number of likely N-dealkylation sites (tertiary alicyclic amines) is 1. The van der Waals surface area contributed by atoms with Gasteiger partial charge in [-0.2, -0.15) is 0 Å². The lowest BCUT2D eigenvalue weighted by Crippen LogP contribution is -2.60. The Labute approximate surface area is 85.6 Å². The lowest BCUT2D eigenvalue weighted by molar-refractivity contribution is 0.151. The summed E-state index contributed by atoms with van der Waals surface area (Å²) < 4.78 is 22.7. The first-order valence-electron chi connectivity index (χ1n) is 5.20. The predicted molar refractivity (Wildman–Crippen MR) is 56.1 cm³/mol. The van der Waals surface area contributed by atoms with Crippen molar-refractivity contribution in [2.75, 3.05) is 31.6 Å². The second-order valence-electron chi connectivity index (χ2n) is 4.54. The van der Waals surface area contributed by atoms with Gasteiger partial charge in [0.15, 0.2) is 9.84 Å². The van der Waals surface area contributed by atoms with Crippen molar-refractivity contribution >= 4 is 9.84 Å². The molecular weight excluding hydrogens is 200 g/mol. The fraction of sp³-hybridized carbons (Fsp3) is 1.00. The second kappa shape index (κ2) is 3.79. The zero-order chi connectivity index (χ0) is 10.2. The van der Waals surface area contributed by atoms with Crippen molar-refractivity contribution in [2.45, 2.75) is 24.9 Å². The first kappa shape index (κ1) is 10.4. The molecule has 0 aromatic rings. The van der Waals surface area contributed by atoms with E-state index in [0.29, 0.717) is 17.5 Å². The van der Waals surface area contributed by atoms with E-state index in [9.17, 15) is 8.42 Å². The highest BCUT2D eigenvalue weighted by molar-refractivity contribution is 7.91. The lowest BCUT2D eigenvalue weighted by Gasteiger charge is -2.39. The first-order valence-corrected chi connectivity index (χ1v) is 7.02. The maximum absolute atomic E-state index is 11.4. The van der Waals surface area contributed by atoms with Crippen LogP contribution in [0.2, 0.25) is 0 Å². The highest BCUT2D eigenvalue weighted by Crippen LogP contribution is 2.14. The van der Waals surface area contributed by atoms with Crippen molar-refractivity contribution in [3.8, 4) is 0 Å². The van der Waals surface area contributed by atoms with Crippen molar-refractivity contribution in [3.05, 3.63) is 0 Å². The quantitative estimate of drug-likeness (QED) is 0.677. The highest BCUT2D eigenvalue weighted by atomic mass is 32.2. The smallest absolute Gasteiger partial charge is 0.151 e. The van der Waals surface area contributed by atoms with Crippen LogP contribution in [-0.4, -0.2) is 57.0 Å². The summed E-state index contributed by atoms with van der Waals surface area (Å²) in [5.41, 5.74) is 0. The largest absolute Gasteiger partial charge is 0.308 e. The van der Waals surface area contributed by atoms with Gasteiger partial charge >= 0.3 is 0 Å². The number of hydrogen-bond donors (Lipinski definition) is 1. The van der Waals surface area contributed by atoms with E-state index in [2.05, 4.69) is 17.3 Å². The predicted octanol–water partition coefficient (Wildman–Crippen LogP) is -0.533. The van der Waals surface area contributed by atoms with Crippen LogP contribution in [0, 0.1) is 0 Å². The van der Waals surface area contributed by atoms with Crippen LogP contribution in [0.5, 0.6) is 0 Å². The van der Waals surface area contributed by atoms with Crippen LogP contribution in [0.15, 0.2) is 0 Å². The van der Waals surface area contributed by atoms with E-state index in [-0.39, 0.29) is 6.04 Å². The first-order chi connectivity index (χ1) is 6.55. The van der Waals surface area contributed by atoms with Crippen molar-refractivity contribution in [3.63, 3.8) is 0 Å². The minimum absolute atomic E-state index is 0.201. The molecule has 2 aliphatic heterocycles. The standard InChI is InChI=1S/C9H18N2O2S/c1-11-5-9(6-11)10-8-3-2-4-14(12,13)7-8/h8-10H,2-7H2,1H3. The molecule has 1 N–H and O–H groups in total. The Morgan fingerprint density at radius 3 is 2.57 bits per heavy atom. The van der Waals surface area contributed by atoms with Gasteiger partial charge in [-0.3, -0.25) is 0 Å². The number of likely N-dealkylation sites (N-methyl/N-ethyl adjacent to an activating group) is 1. The molecule has 0 bridgehead atoms. The molecule has 2 heterocycles. The third kappa shape index (κ3) is 2.46. The van der Waals surface area contributed by atoms with E-state index >= 15 is 0 Å². The molecule has 2 aliphatic rings. The summed E-state index contributed by atoms with van der Waals surface area (Å²) in [5, 5.41) is 3.42. The molecule has 0 amide bonds.